The first-order valence-electron chi connectivity index (χ1n) is 9.22. The van der Waals surface area contributed by atoms with Gasteiger partial charge in [-0.05, 0) is 63.6 Å². The van der Waals surface area contributed by atoms with Gasteiger partial charge in [0.2, 0.25) is 5.91 Å². The van der Waals surface area contributed by atoms with Crippen molar-refractivity contribution in [1.29, 1.82) is 0 Å². The van der Waals surface area contributed by atoms with Crippen molar-refractivity contribution < 1.29 is 4.79 Å². The molecule has 2 fully saturated rings. The molecule has 0 unspecified atom stereocenters. The molecule has 2 aliphatic rings. The zero-order valence-electron chi connectivity index (χ0n) is 14.6. The maximum absolute atomic E-state index is 13.0. The minimum atomic E-state index is -0.249. The van der Waals surface area contributed by atoms with E-state index in [9.17, 15) is 4.79 Å². The molecule has 1 aromatic carbocycles. The minimum Gasteiger partial charge on any atom is -0.341 e. The summed E-state index contributed by atoms with van der Waals surface area (Å²) < 4.78 is 0. The van der Waals surface area contributed by atoms with E-state index in [1.165, 1.54) is 5.56 Å². The van der Waals surface area contributed by atoms with E-state index in [0.29, 0.717) is 5.91 Å². The number of likely N-dealkylation sites (tertiary alicyclic amines) is 2. The summed E-state index contributed by atoms with van der Waals surface area (Å²) in [5.74, 6) is 1.09. The minimum absolute atomic E-state index is 0.249. The molecule has 0 radical (unpaired) electrons. The monoisotopic (exact) mass is 314 g/mol. The highest BCUT2D eigenvalue weighted by Crippen LogP contribution is 2.32. The van der Waals surface area contributed by atoms with Gasteiger partial charge < -0.3 is 4.90 Å². The predicted molar refractivity (Wildman–Crippen MR) is 94.3 cm³/mol. The standard InChI is InChI=1S/C20H30N2O/c1-3-22-13-7-12-20(22,2)19(23)21-14-10-18(11-15-21)16-17-8-5-4-6-9-17/h4-6,8-9,18H,3,7,10-16H2,1-2H3/t20-/m1/s1. The molecule has 3 rings (SSSR count). The van der Waals surface area contributed by atoms with E-state index in [4.69, 9.17) is 0 Å². The lowest BCUT2D eigenvalue weighted by molar-refractivity contribution is -0.143. The highest BCUT2D eigenvalue weighted by atomic mass is 16.2. The fourth-order valence-electron chi connectivity index (χ4n) is 4.40. The molecule has 0 bridgehead atoms. The smallest absolute Gasteiger partial charge is 0.242 e. The average molecular weight is 314 g/mol. The molecule has 0 N–H and O–H groups in total. The number of amides is 1. The fourth-order valence-corrected chi connectivity index (χ4v) is 4.40. The Morgan fingerprint density at radius 1 is 1.17 bits per heavy atom. The number of benzene rings is 1. The van der Waals surface area contributed by atoms with Crippen LogP contribution in [-0.4, -0.2) is 47.4 Å². The van der Waals surface area contributed by atoms with Crippen LogP contribution in [0, 0.1) is 5.92 Å². The van der Waals surface area contributed by atoms with E-state index < -0.39 is 0 Å². The molecule has 2 heterocycles. The average Bonchev–Trinajstić information content (AvgIpc) is 2.98. The highest BCUT2D eigenvalue weighted by molar-refractivity contribution is 5.86. The third-order valence-electron chi connectivity index (χ3n) is 5.90. The Balaban J connectivity index is 1.55. The largest absolute Gasteiger partial charge is 0.341 e. The van der Waals surface area contributed by atoms with Crippen molar-refractivity contribution in [2.24, 2.45) is 5.92 Å². The molecule has 23 heavy (non-hydrogen) atoms. The number of rotatable bonds is 4. The number of nitrogens with zero attached hydrogens (tertiary/aromatic N) is 2. The highest BCUT2D eigenvalue weighted by Gasteiger charge is 2.44. The molecule has 1 atom stereocenters. The third kappa shape index (κ3) is 3.45. The number of piperidine rings is 1. The van der Waals surface area contributed by atoms with Gasteiger partial charge in [0.15, 0.2) is 0 Å². The third-order valence-corrected chi connectivity index (χ3v) is 5.90. The molecule has 2 aliphatic heterocycles. The van der Waals surface area contributed by atoms with E-state index in [1.54, 1.807) is 0 Å². The lowest BCUT2D eigenvalue weighted by Gasteiger charge is -2.40. The zero-order chi connectivity index (χ0) is 16.3. The summed E-state index contributed by atoms with van der Waals surface area (Å²) >= 11 is 0. The Bertz CT molecular complexity index is 522. The van der Waals surface area contributed by atoms with Crippen LogP contribution in [0.15, 0.2) is 30.3 Å². The van der Waals surface area contributed by atoms with Crippen LogP contribution in [0.1, 0.15) is 45.1 Å². The van der Waals surface area contributed by atoms with E-state index >= 15 is 0 Å². The summed E-state index contributed by atoms with van der Waals surface area (Å²) in [4.78, 5) is 17.5. The van der Waals surface area contributed by atoms with Crippen molar-refractivity contribution in [3.05, 3.63) is 35.9 Å². The number of hydrogen-bond donors (Lipinski definition) is 0. The molecule has 0 spiro atoms. The predicted octanol–water partition coefficient (Wildman–Crippen LogP) is 3.34. The van der Waals surface area contributed by atoms with Gasteiger partial charge in [-0.2, -0.15) is 0 Å². The zero-order valence-corrected chi connectivity index (χ0v) is 14.6. The van der Waals surface area contributed by atoms with Gasteiger partial charge in [-0.25, -0.2) is 0 Å². The molecule has 0 aliphatic carbocycles. The summed E-state index contributed by atoms with van der Waals surface area (Å²) in [5, 5.41) is 0. The van der Waals surface area contributed by atoms with E-state index in [1.807, 2.05) is 0 Å². The lowest BCUT2D eigenvalue weighted by atomic mass is 9.88. The van der Waals surface area contributed by atoms with Crippen molar-refractivity contribution >= 4 is 5.91 Å². The Morgan fingerprint density at radius 3 is 2.52 bits per heavy atom. The molecular formula is C20H30N2O. The quantitative estimate of drug-likeness (QED) is 0.851. The van der Waals surface area contributed by atoms with Gasteiger partial charge in [-0.1, -0.05) is 37.3 Å². The number of hydrogen-bond acceptors (Lipinski definition) is 2. The molecule has 3 nitrogen and oxygen atoms in total. The van der Waals surface area contributed by atoms with Crippen LogP contribution in [0.25, 0.3) is 0 Å². The SMILES string of the molecule is CCN1CCC[C@]1(C)C(=O)N1CCC(Cc2ccccc2)CC1. The topological polar surface area (TPSA) is 23.6 Å². The van der Waals surface area contributed by atoms with Gasteiger partial charge in [0.05, 0.1) is 5.54 Å². The summed E-state index contributed by atoms with van der Waals surface area (Å²) in [6.07, 6.45) is 5.61. The van der Waals surface area contributed by atoms with Crippen LogP contribution < -0.4 is 0 Å². The second-order valence-electron chi connectivity index (χ2n) is 7.38. The molecule has 3 heteroatoms. The van der Waals surface area contributed by atoms with Crippen LogP contribution in [0.5, 0.6) is 0 Å². The van der Waals surface area contributed by atoms with Crippen molar-refractivity contribution in [1.82, 2.24) is 9.80 Å². The number of likely N-dealkylation sites (N-methyl/N-ethyl adjacent to an activating group) is 1. The second kappa shape index (κ2) is 7.04. The van der Waals surface area contributed by atoms with Gasteiger partial charge in [0, 0.05) is 13.1 Å². The summed E-state index contributed by atoms with van der Waals surface area (Å²) in [6.45, 7) is 8.24. The first-order valence-corrected chi connectivity index (χ1v) is 9.22. The fraction of sp³-hybridized carbons (Fsp3) is 0.650. The van der Waals surface area contributed by atoms with Crippen molar-refractivity contribution in [3.63, 3.8) is 0 Å². The Hall–Kier alpha value is -1.35. The number of carbonyl (C=O) groups is 1. The Morgan fingerprint density at radius 2 is 1.87 bits per heavy atom. The molecule has 126 valence electrons. The molecule has 1 amide bonds. The molecular weight excluding hydrogens is 284 g/mol. The maximum atomic E-state index is 13.0. The van der Waals surface area contributed by atoms with Gasteiger partial charge in [-0.3, -0.25) is 9.69 Å². The second-order valence-corrected chi connectivity index (χ2v) is 7.38. The Labute approximate surface area is 140 Å². The van der Waals surface area contributed by atoms with Gasteiger partial charge >= 0.3 is 0 Å². The van der Waals surface area contributed by atoms with Gasteiger partial charge in [0.25, 0.3) is 0 Å². The van der Waals surface area contributed by atoms with E-state index in [0.717, 1.165) is 64.2 Å². The van der Waals surface area contributed by atoms with E-state index in [2.05, 4.69) is 54.0 Å². The molecule has 2 saturated heterocycles. The lowest BCUT2D eigenvalue weighted by Crippen LogP contribution is -2.56. The molecule has 0 aromatic heterocycles. The van der Waals surface area contributed by atoms with Crippen LogP contribution in [0.4, 0.5) is 0 Å². The van der Waals surface area contributed by atoms with Gasteiger partial charge in [-0.15, -0.1) is 0 Å². The first-order chi connectivity index (χ1) is 11.1. The van der Waals surface area contributed by atoms with E-state index in [-0.39, 0.29) is 5.54 Å². The van der Waals surface area contributed by atoms with Crippen molar-refractivity contribution in [2.45, 2.75) is 51.5 Å². The Kier molecular flexibility index (Phi) is 5.05. The molecule has 0 saturated carbocycles. The molecule has 1 aromatic rings. The van der Waals surface area contributed by atoms with Crippen LogP contribution in [0.3, 0.4) is 0 Å². The van der Waals surface area contributed by atoms with Crippen LogP contribution >= 0.6 is 0 Å². The summed E-state index contributed by atoms with van der Waals surface area (Å²) in [7, 11) is 0. The van der Waals surface area contributed by atoms with Crippen LogP contribution in [-0.2, 0) is 11.2 Å². The normalized spacial score (nSPS) is 26.6. The summed E-state index contributed by atoms with van der Waals surface area (Å²) in [5.41, 5.74) is 1.18. The van der Waals surface area contributed by atoms with Gasteiger partial charge in [0.1, 0.15) is 0 Å². The van der Waals surface area contributed by atoms with Crippen molar-refractivity contribution in [2.75, 3.05) is 26.2 Å². The number of carbonyl (C=O) groups excluding carboxylic acids is 1. The summed E-state index contributed by atoms with van der Waals surface area (Å²) in [6, 6.07) is 10.8. The first kappa shape index (κ1) is 16.5. The van der Waals surface area contributed by atoms with Crippen molar-refractivity contribution in [3.8, 4) is 0 Å². The van der Waals surface area contributed by atoms with Crippen LogP contribution in [0.2, 0.25) is 0 Å². The maximum Gasteiger partial charge on any atom is 0.242 e.